The Morgan fingerprint density at radius 1 is 1.11 bits per heavy atom. The minimum Gasteiger partial charge on any atom is -0.483 e. The van der Waals surface area contributed by atoms with E-state index < -0.39 is 67.9 Å². The predicted octanol–water partition coefficient (Wildman–Crippen LogP) is 5.40. The second-order valence-electron chi connectivity index (χ2n) is 17.1. The fourth-order valence-electron chi connectivity index (χ4n) is 8.71. The van der Waals surface area contributed by atoms with E-state index in [0.717, 1.165) is 57.1 Å². The average molecular weight is 814 g/mol. The maximum Gasteiger partial charge on any atom is 0.407 e. The number of halogens is 2. The minimum atomic E-state index is -3.66. The quantitative estimate of drug-likeness (QED) is 0.156. The average Bonchev–Trinajstić information content (AvgIpc) is 4.01. The molecule has 3 heterocycles. The second kappa shape index (κ2) is 16.1. The van der Waals surface area contributed by atoms with Crippen molar-refractivity contribution in [2.45, 2.75) is 133 Å². The van der Waals surface area contributed by atoms with E-state index >= 15 is 0 Å². The number of nitrogens with one attached hydrogen (secondary N) is 2. The fourth-order valence-corrected chi connectivity index (χ4v) is 10.0. The highest BCUT2D eigenvalue weighted by molar-refractivity contribution is 7.91. The molecule has 2 aromatic rings. The van der Waals surface area contributed by atoms with E-state index in [1.54, 1.807) is 13.8 Å². The summed E-state index contributed by atoms with van der Waals surface area (Å²) in [7, 11) is -3.66. The molecule has 1 unspecified atom stereocenters. The van der Waals surface area contributed by atoms with E-state index in [0.29, 0.717) is 66.4 Å². The Bertz CT molecular complexity index is 2070. The first kappa shape index (κ1) is 40.8. The number of hydrogen-bond donors (Lipinski definition) is 3. The van der Waals surface area contributed by atoms with Gasteiger partial charge in [-0.15, -0.1) is 0 Å². The zero-order valence-electron chi connectivity index (χ0n) is 32.6. The van der Waals surface area contributed by atoms with Gasteiger partial charge in [0.05, 0.1) is 29.1 Å². The van der Waals surface area contributed by atoms with Gasteiger partial charge in [0, 0.05) is 29.4 Å². The third-order valence-electron chi connectivity index (χ3n) is 12.7. The number of primary amides is 1. The van der Waals surface area contributed by atoms with Crippen LogP contribution in [-0.4, -0.2) is 77.7 Å². The number of unbranched alkanes of at least 4 members (excludes halogenated alkanes) is 3. The Balaban J connectivity index is 0.969. The molecule has 1 saturated heterocycles. The molecule has 310 valence electrons. The molecule has 4 amide bonds. The summed E-state index contributed by atoms with van der Waals surface area (Å²) < 4.78 is 66.7. The monoisotopic (exact) mass is 813 g/mol. The summed E-state index contributed by atoms with van der Waals surface area (Å²) in [5.74, 6) is -3.25. The van der Waals surface area contributed by atoms with Crippen molar-refractivity contribution in [1.29, 1.82) is 0 Å². The summed E-state index contributed by atoms with van der Waals surface area (Å²) in [4.78, 5) is 58.6. The third-order valence-corrected chi connectivity index (χ3v) is 14.9. The van der Waals surface area contributed by atoms with Gasteiger partial charge in [-0.1, -0.05) is 37.8 Å². The molecule has 4 fully saturated rings. The maximum atomic E-state index is 14.3. The molecule has 0 radical (unpaired) electrons. The smallest absolute Gasteiger partial charge is 0.407 e. The van der Waals surface area contributed by atoms with Crippen LogP contribution in [0, 0.1) is 36.3 Å². The summed E-state index contributed by atoms with van der Waals surface area (Å²) >= 11 is 0. The van der Waals surface area contributed by atoms with E-state index in [2.05, 4.69) is 15.0 Å². The normalized spacial score (nSPS) is 25.6. The Kier molecular flexibility index (Phi) is 11.6. The van der Waals surface area contributed by atoms with Gasteiger partial charge in [-0.05, 0) is 96.0 Å². The van der Waals surface area contributed by atoms with Crippen LogP contribution in [0.1, 0.15) is 108 Å². The molecule has 1 aromatic heterocycles. The van der Waals surface area contributed by atoms with E-state index in [4.69, 9.17) is 15.2 Å². The van der Waals surface area contributed by atoms with E-state index in [1.807, 2.05) is 12.2 Å². The van der Waals surface area contributed by atoms with E-state index in [-0.39, 0.29) is 43.7 Å². The van der Waals surface area contributed by atoms with Crippen LogP contribution in [0.15, 0.2) is 24.3 Å². The molecule has 5 atom stereocenters. The largest absolute Gasteiger partial charge is 0.483 e. The number of carbonyl (C=O) groups is 4. The summed E-state index contributed by atoms with van der Waals surface area (Å²) in [6.45, 7) is 3.65. The lowest BCUT2D eigenvalue weighted by atomic mass is 9.87. The molecule has 3 aliphatic carbocycles. The van der Waals surface area contributed by atoms with Gasteiger partial charge >= 0.3 is 6.09 Å². The highest BCUT2D eigenvalue weighted by atomic mass is 32.2. The van der Waals surface area contributed by atoms with Gasteiger partial charge < -0.3 is 25.4 Å². The molecule has 0 bridgehead atoms. The van der Waals surface area contributed by atoms with Crippen LogP contribution >= 0.6 is 0 Å². The Hall–Kier alpha value is -4.34. The number of pyridine rings is 1. The Morgan fingerprint density at radius 3 is 2.56 bits per heavy atom. The highest BCUT2D eigenvalue weighted by Crippen LogP contribution is 2.46. The van der Waals surface area contributed by atoms with Gasteiger partial charge in [-0.3, -0.25) is 19.1 Å². The van der Waals surface area contributed by atoms with Gasteiger partial charge in [-0.25, -0.2) is 27.0 Å². The van der Waals surface area contributed by atoms with Crippen LogP contribution in [0.25, 0.3) is 10.9 Å². The van der Waals surface area contributed by atoms with Crippen LogP contribution in [0.2, 0.25) is 0 Å². The molecule has 4 N–H and O–H groups in total. The van der Waals surface area contributed by atoms with Crippen molar-refractivity contribution in [2.24, 2.45) is 23.5 Å². The number of likely N-dealkylation sites (tertiary alicyclic amines) is 1. The lowest BCUT2D eigenvalue weighted by molar-refractivity contribution is -0.139. The van der Waals surface area contributed by atoms with Crippen molar-refractivity contribution in [3.05, 3.63) is 47.2 Å². The number of ether oxygens (including phenoxy) is 2. The lowest BCUT2D eigenvalue weighted by Crippen LogP contribution is -2.53. The number of alkyl carbamates (subject to hydrolysis) is 1. The predicted molar refractivity (Wildman–Crippen MR) is 206 cm³/mol. The molecule has 1 spiro atoms. The van der Waals surface area contributed by atoms with Gasteiger partial charge in [0.2, 0.25) is 27.7 Å². The number of carbonyl (C=O) groups excluding carboxylic acids is 4. The molecule has 7 rings (SSSR count). The Morgan fingerprint density at radius 2 is 1.84 bits per heavy atom. The van der Waals surface area contributed by atoms with Crippen molar-refractivity contribution < 1.29 is 45.9 Å². The number of allylic oxidation sites excluding steroid dienone is 2. The van der Waals surface area contributed by atoms with Gasteiger partial charge in [0.15, 0.2) is 11.6 Å². The van der Waals surface area contributed by atoms with Gasteiger partial charge in [0.25, 0.3) is 0 Å². The van der Waals surface area contributed by atoms with Gasteiger partial charge in [0.1, 0.15) is 23.4 Å². The van der Waals surface area contributed by atoms with Crippen molar-refractivity contribution in [2.75, 3.05) is 13.2 Å². The van der Waals surface area contributed by atoms with Gasteiger partial charge in [-0.2, -0.15) is 0 Å². The molecule has 57 heavy (non-hydrogen) atoms. The summed E-state index contributed by atoms with van der Waals surface area (Å²) in [6, 6.07) is 0.176. The molecule has 2 aliphatic heterocycles. The van der Waals surface area contributed by atoms with Crippen molar-refractivity contribution in [3.63, 3.8) is 0 Å². The van der Waals surface area contributed by atoms with E-state index in [9.17, 15) is 36.4 Å². The summed E-state index contributed by atoms with van der Waals surface area (Å²) in [6.07, 6.45) is 13.1. The standard InChI is InChI=1S/C41H53F2N5O8S/c1-24-35-27(29-19-30(42)31(43)20-33(29)45-24)14-15-41(56-35)21-34(36(44)49)48(23-41)38(51)32(46-39(52)55-22-25-10-8-9-11-25)13-7-5-3-4-6-12-26-18-28(26)37(50)47-57(53,54)40(2)16-17-40/h6,12,19-20,25-26,28,32,34H,3-5,7-11,13-18,21-23H2,1-2H3,(H2,44,49)(H,46,52)(H,47,50)/b12-6-/t26-,28?,32+,34+,41-/m1/s1. The number of fused-ring (bicyclic) bond motifs is 3. The molecule has 3 saturated carbocycles. The van der Waals surface area contributed by atoms with Crippen LogP contribution < -0.4 is 20.5 Å². The second-order valence-corrected chi connectivity index (χ2v) is 19.3. The number of aryl methyl sites for hydroxylation is 2. The first-order chi connectivity index (χ1) is 27.1. The van der Waals surface area contributed by atoms with Crippen LogP contribution in [0.3, 0.4) is 0 Å². The molecule has 13 nitrogen and oxygen atoms in total. The van der Waals surface area contributed by atoms with Crippen LogP contribution in [0.5, 0.6) is 5.75 Å². The van der Waals surface area contributed by atoms with Crippen LogP contribution in [-0.2, 0) is 35.6 Å². The number of hydrogen-bond acceptors (Lipinski definition) is 9. The first-order valence-corrected chi connectivity index (χ1v) is 21.8. The summed E-state index contributed by atoms with van der Waals surface area (Å²) in [5, 5.41) is 3.21. The van der Waals surface area contributed by atoms with Crippen molar-refractivity contribution >= 4 is 44.7 Å². The molecule has 16 heteroatoms. The van der Waals surface area contributed by atoms with Crippen molar-refractivity contribution in [3.8, 4) is 5.75 Å². The SMILES string of the molecule is Cc1nc2cc(F)c(F)cc2c2c1O[C@]1(CC2)C[C@@H](C(N)=O)N(C(=O)[C@H](CCCCC/C=C\[C@@H]2CC2C(=O)NS(=O)(=O)C2(C)CC2)NC(=O)OCC2CCCC2)C1. The Labute approximate surface area is 331 Å². The summed E-state index contributed by atoms with van der Waals surface area (Å²) in [5.41, 5.74) is 6.35. The first-order valence-electron chi connectivity index (χ1n) is 20.3. The number of nitrogens with two attached hydrogens (primary N) is 1. The maximum absolute atomic E-state index is 14.3. The number of amides is 4. The number of aromatic nitrogens is 1. The number of benzene rings is 1. The number of nitrogens with zero attached hydrogens (tertiary/aromatic N) is 2. The number of sulfonamides is 1. The zero-order valence-corrected chi connectivity index (χ0v) is 33.4. The molecular formula is C41H53F2N5O8S. The molecule has 1 aromatic carbocycles. The lowest BCUT2D eigenvalue weighted by Gasteiger charge is -2.36. The highest BCUT2D eigenvalue weighted by Gasteiger charge is 2.54. The fraction of sp³-hybridized carbons (Fsp3) is 0.634. The third kappa shape index (κ3) is 8.90. The van der Waals surface area contributed by atoms with Crippen molar-refractivity contribution in [1.82, 2.24) is 19.9 Å². The topological polar surface area (TPSA) is 187 Å². The van der Waals surface area contributed by atoms with Crippen LogP contribution in [0.4, 0.5) is 13.6 Å². The van der Waals surface area contributed by atoms with E-state index in [1.165, 1.54) is 4.90 Å². The zero-order chi connectivity index (χ0) is 40.7. The number of rotatable bonds is 15. The molecular weight excluding hydrogens is 761 g/mol. The minimum absolute atomic E-state index is 0.00401. The molecule has 5 aliphatic rings.